The van der Waals surface area contributed by atoms with Crippen molar-refractivity contribution >= 4 is 11.8 Å². The van der Waals surface area contributed by atoms with E-state index in [9.17, 15) is 0 Å². The van der Waals surface area contributed by atoms with Gasteiger partial charge in [-0.1, -0.05) is 39.5 Å². The summed E-state index contributed by atoms with van der Waals surface area (Å²) in [5, 5.41) is 0. The molecule has 176 valence electrons. The van der Waals surface area contributed by atoms with Crippen molar-refractivity contribution in [2.45, 2.75) is 70.4 Å². The van der Waals surface area contributed by atoms with Gasteiger partial charge in [0.25, 0.3) is 0 Å². The highest BCUT2D eigenvalue weighted by Crippen LogP contribution is 2.42. The van der Waals surface area contributed by atoms with E-state index >= 15 is 0 Å². The zero-order chi connectivity index (χ0) is 22.8. The van der Waals surface area contributed by atoms with Crippen LogP contribution in [0.25, 0.3) is 0 Å². The first-order valence-corrected chi connectivity index (χ1v) is 13.0. The monoisotopic (exact) mass is 458 g/mol. The molecule has 2 aromatic rings. The van der Waals surface area contributed by atoms with Crippen LogP contribution in [0, 0.1) is 0 Å². The molecule has 0 amide bonds. The number of unbranched alkanes of at least 4 members (excludes halogenated alkanes) is 2. The normalized spacial score (nSPS) is 20.9. The fraction of sp³-hybridized carbons (Fsp3) is 0.556. The van der Waals surface area contributed by atoms with Crippen LogP contribution in [0.2, 0.25) is 0 Å². The lowest BCUT2D eigenvalue weighted by Gasteiger charge is -2.42. The number of methoxy groups -OCH3 is 2. The number of rotatable bonds is 10. The molecule has 5 heteroatoms. The van der Waals surface area contributed by atoms with Crippen molar-refractivity contribution in [3.63, 3.8) is 0 Å². The molecule has 2 atom stereocenters. The molecule has 0 saturated carbocycles. The Balaban J connectivity index is 2.08. The van der Waals surface area contributed by atoms with Gasteiger partial charge in [-0.15, -0.1) is 0 Å². The molecule has 0 spiro atoms. The summed E-state index contributed by atoms with van der Waals surface area (Å²) in [6, 6.07) is 16.3. The molecule has 0 N–H and O–H groups in total. The Kier molecular flexibility index (Phi) is 9.76. The molecule has 1 aliphatic rings. The number of thioether (sulfide) groups is 1. The predicted molar refractivity (Wildman–Crippen MR) is 133 cm³/mol. The highest BCUT2D eigenvalue weighted by atomic mass is 32.2. The highest BCUT2D eigenvalue weighted by Gasteiger charge is 2.42. The Labute approximate surface area is 198 Å². The van der Waals surface area contributed by atoms with Crippen LogP contribution < -0.4 is 9.47 Å². The van der Waals surface area contributed by atoms with E-state index in [-0.39, 0.29) is 12.2 Å². The first kappa shape index (κ1) is 24.9. The molecule has 0 aliphatic carbocycles. The van der Waals surface area contributed by atoms with Crippen molar-refractivity contribution in [3.8, 4) is 11.5 Å². The molecule has 0 unspecified atom stereocenters. The molecule has 0 bridgehead atoms. The van der Waals surface area contributed by atoms with E-state index in [1.165, 1.54) is 0 Å². The second-order valence-electron chi connectivity index (χ2n) is 8.38. The van der Waals surface area contributed by atoms with E-state index in [0.717, 1.165) is 72.7 Å². The first-order chi connectivity index (χ1) is 15.6. The zero-order valence-electron chi connectivity index (χ0n) is 20.0. The number of hydrogen-bond donors (Lipinski definition) is 0. The van der Waals surface area contributed by atoms with Crippen molar-refractivity contribution in [1.29, 1.82) is 0 Å². The maximum absolute atomic E-state index is 6.99. The summed E-state index contributed by atoms with van der Waals surface area (Å²) in [7, 11) is 3.38. The van der Waals surface area contributed by atoms with E-state index < -0.39 is 5.79 Å². The van der Waals surface area contributed by atoms with Crippen LogP contribution in [0.4, 0.5) is 0 Å². The Hall–Kier alpha value is -1.69. The maximum Gasteiger partial charge on any atom is 0.222 e. The lowest BCUT2D eigenvalue weighted by molar-refractivity contribution is -0.259. The summed E-state index contributed by atoms with van der Waals surface area (Å²) in [4.78, 5) is 0. The van der Waals surface area contributed by atoms with E-state index in [2.05, 4.69) is 38.1 Å². The topological polar surface area (TPSA) is 36.9 Å². The van der Waals surface area contributed by atoms with Crippen molar-refractivity contribution in [2.75, 3.05) is 25.7 Å². The minimum absolute atomic E-state index is 0.122. The molecule has 1 saturated heterocycles. The van der Waals surface area contributed by atoms with Gasteiger partial charge in [-0.25, -0.2) is 0 Å². The van der Waals surface area contributed by atoms with Crippen LogP contribution in [0.5, 0.6) is 11.5 Å². The zero-order valence-corrected chi connectivity index (χ0v) is 20.8. The molecule has 1 fully saturated rings. The third-order valence-corrected chi connectivity index (χ3v) is 7.19. The van der Waals surface area contributed by atoms with Gasteiger partial charge in [0.1, 0.15) is 11.5 Å². The Morgan fingerprint density at radius 2 is 1.16 bits per heavy atom. The van der Waals surface area contributed by atoms with E-state index in [4.69, 9.17) is 18.9 Å². The summed E-state index contributed by atoms with van der Waals surface area (Å²) >= 11 is 1.96. The van der Waals surface area contributed by atoms with Gasteiger partial charge in [0.15, 0.2) is 0 Å². The van der Waals surface area contributed by atoms with Crippen LogP contribution in [0.1, 0.15) is 63.5 Å². The molecular weight excluding hydrogens is 420 g/mol. The van der Waals surface area contributed by atoms with Gasteiger partial charge < -0.3 is 18.9 Å². The van der Waals surface area contributed by atoms with Crippen molar-refractivity contribution in [1.82, 2.24) is 0 Å². The minimum Gasteiger partial charge on any atom is -0.497 e. The predicted octanol–water partition coefficient (Wildman–Crippen LogP) is 6.80. The minimum atomic E-state index is -0.962. The third-order valence-electron chi connectivity index (χ3n) is 5.97. The standard InChI is InChI=1S/C27H38O4S/c1-5-7-9-25-19-32-20-26(10-8-6-2)31-27(30-25,21-11-15-23(28-3)16-12-21)22-13-17-24(29-4)18-14-22/h11-18,25-26H,5-10,19-20H2,1-4H3/t25-,26-/m0/s1. The van der Waals surface area contributed by atoms with Crippen molar-refractivity contribution < 1.29 is 18.9 Å². The lowest BCUT2D eigenvalue weighted by atomic mass is 9.95. The summed E-state index contributed by atoms with van der Waals surface area (Å²) in [5.74, 6) is 2.66. The van der Waals surface area contributed by atoms with Crippen molar-refractivity contribution in [2.24, 2.45) is 0 Å². The van der Waals surface area contributed by atoms with Crippen LogP contribution in [-0.4, -0.2) is 37.9 Å². The van der Waals surface area contributed by atoms with Crippen LogP contribution in [0.15, 0.2) is 48.5 Å². The molecule has 1 heterocycles. The molecule has 32 heavy (non-hydrogen) atoms. The SMILES string of the molecule is CCCC[C@H]1CSC[C@H](CCCC)OC(c2ccc(OC)cc2)(c2ccc(OC)cc2)O1. The Bertz CT molecular complexity index is 723. The fourth-order valence-corrected chi connectivity index (χ4v) is 5.24. The van der Waals surface area contributed by atoms with Crippen LogP contribution >= 0.6 is 11.8 Å². The average molecular weight is 459 g/mol. The van der Waals surface area contributed by atoms with Gasteiger partial charge in [0, 0.05) is 22.6 Å². The number of ether oxygens (including phenoxy) is 4. The van der Waals surface area contributed by atoms with Crippen LogP contribution in [0.3, 0.4) is 0 Å². The molecule has 0 radical (unpaired) electrons. The Morgan fingerprint density at radius 1 is 0.750 bits per heavy atom. The third kappa shape index (κ3) is 6.21. The van der Waals surface area contributed by atoms with Gasteiger partial charge in [-0.3, -0.25) is 0 Å². The quantitative estimate of drug-likeness (QED) is 0.391. The van der Waals surface area contributed by atoms with E-state index in [0.29, 0.717) is 0 Å². The first-order valence-electron chi connectivity index (χ1n) is 11.9. The average Bonchev–Trinajstić information content (AvgIpc) is 2.83. The smallest absolute Gasteiger partial charge is 0.222 e. The molecular formula is C27H38O4S. The Morgan fingerprint density at radius 3 is 1.50 bits per heavy atom. The summed E-state index contributed by atoms with van der Waals surface area (Å²) in [5.41, 5.74) is 2.00. The largest absolute Gasteiger partial charge is 0.497 e. The highest BCUT2D eigenvalue weighted by molar-refractivity contribution is 7.99. The van der Waals surface area contributed by atoms with Gasteiger partial charge >= 0.3 is 0 Å². The van der Waals surface area contributed by atoms with E-state index in [1.807, 2.05) is 36.0 Å². The maximum atomic E-state index is 6.99. The fourth-order valence-electron chi connectivity index (χ4n) is 4.10. The summed E-state index contributed by atoms with van der Waals surface area (Å²) in [6.45, 7) is 4.46. The van der Waals surface area contributed by atoms with Gasteiger partial charge in [-0.2, -0.15) is 11.8 Å². The van der Waals surface area contributed by atoms with Gasteiger partial charge in [-0.05, 0) is 61.4 Å². The van der Waals surface area contributed by atoms with Gasteiger partial charge in [0.05, 0.1) is 26.4 Å². The summed E-state index contributed by atoms with van der Waals surface area (Å²) in [6.07, 6.45) is 6.90. The number of benzene rings is 2. The van der Waals surface area contributed by atoms with Crippen LogP contribution in [-0.2, 0) is 15.3 Å². The molecule has 4 nitrogen and oxygen atoms in total. The number of hydrogen-bond acceptors (Lipinski definition) is 5. The van der Waals surface area contributed by atoms with Crippen molar-refractivity contribution in [3.05, 3.63) is 59.7 Å². The second-order valence-corrected chi connectivity index (χ2v) is 9.45. The molecule has 0 aromatic heterocycles. The van der Waals surface area contributed by atoms with E-state index in [1.54, 1.807) is 14.2 Å². The molecule has 3 rings (SSSR count). The van der Waals surface area contributed by atoms with Gasteiger partial charge in [0.2, 0.25) is 5.79 Å². The second kappa shape index (κ2) is 12.5. The molecule has 2 aromatic carbocycles. The molecule has 1 aliphatic heterocycles. The summed E-state index contributed by atoms with van der Waals surface area (Å²) < 4.78 is 24.8. The lowest BCUT2D eigenvalue weighted by Crippen LogP contribution is -2.44.